The van der Waals surface area contributed by atoms with E-state index in [0.717, 1.165) is 19.4 Å². The fraction of sp³-hybridized carbons (Fsp3) is 0.923. The molecule has 1 saturated carbocycles. The van der Waals surface area contributed by atoms with Crippen LogP contribution in [0.4, 0.5) is 0 Å². The second-order valence-corrected chi connectivity index (χ2v) is 5.11. The van der Waals surface area contributed by atoms with Crippen LogP contribution in [0.1, 0.15) is 51.4 Å². The van der Waals surface area contributed by atoms with Crippen molar-refractivity contribution in [3.05, 3.63) is 0 Å². The standard InChI is InChI=1S/C13H23NO2/c15-13(11-6-5-9-16-10-11)14-12-7-3-1-2-4-8-12/h11-12H,1-10H2,(H,14,15). The number of carbonyl (C=O) groups is 1. The minimum Gasteiger partial charge on any atom is -0.381 e. The van der Waals surface area contributed by atoms with E-state index in [2.05, 4.69) is 5.32 Å². The maximum Gasteiger partial charge on any atom is 0.225 e. The molecule has 1 amide bonds. The van der Waals surface area contributed by atoms with Gasteiger partial charge in [0, 0.05) is 12.6 Å². The fourth-order valence-corrected chi connectivity index (χ4v) is 2.69. The number of nitrogens with one attached hydrogen (secondary N) is 1. The maximum absolute atomic E-state index is 12.0. The predicted octanol–water partition coefficient (Wildman–Crippen LogP) is 2.25. The number of ether oxygens (including phenoxy) is 1. The Bertz CT molecular complexity index is 216. The lowest BCUT2D eigenvalue weighted by molar-refractivity contribution is -0.129. The molecule has 1 atom stereocenters. The zero-order valence-corrected chi connectivity index (χ0v) is 10.0. The summed E-state index contributed by atoms with van der Waals surface area (Å²) < 4.78 is 5.36. The molecule has 0 spiro atoms. The van der Waals surface area contributed by atoms with Crippen LogP contribution in [0.15, 0.2) is 0 Å². The first-order chi connectivity index (χ1) is 7.86. The van der Waals surface area contributed by atoms with Crippen LogP contribution in [0.5, 0.6) is 0 Å². The molecule has 92 valence electrons. The van der Waals surface area contributed by atoms with Gasteiger partial charge in [-0.2, -0.15) is 0 Å². The Kier molecular flexibility index (Phi) is 4.64. The van der Waals surface area contributed by atoms with E-state index in [1.165, 1.54) is 38.5 Å². The van der Waals surface area contributed by atoms with Gasteiger partial charge in [-0.3, -0.25) is 4.79 Å². The molecule has 1 N–H and O–H groups in total. The Morgan fingerprint density at radius 2 is 1.75 bits per heavy atom. The summed E-state index contributed by atoms with van der Waals surface area (Å²) in [6, 6.07) is 0.428. The normalized spacial score (nSPS) is 28.4. The molecule has 1 unspecified atom stereocenters. The summed E-state index contributed by atoms with van der Waals surface area (Å²) in [4.78, 5) is 12.0. The highest BCUT2D eigenvalue weighted by Crippen LogP contribution is 2.19. The van der Waals surface area contributed by atoms with Crippen LogP contribution in [-0.4, -0.2) is 25.2 Å². The molecular formula is C13H23NO2. The van der Waals surface area contributed by atoms with Crippen molar-refractivity contribution in [2.24, 2.45) is 5.92 Å². The van der Waals surface area contributed by atoms with Gasteiger partial charge in [0.25, 0.3) is 0 Å². The van der Waals surface area contributed by atoms with Gasteiger partial charge in [0.15, 0.2) is 0 Å². The first-order valence-electron chi connectivity index (χ1n) is 6.74. The van der Waals surface area contributed by atoms with Crippen molar-refractivity contribution in [3.63, 3.8) is 0 Å². The van der Waals surface area contributed by atoms with Gasteiger partial charge in [0.1, 0.15) is 0 Å². The first kappa shape index (κ1) is 11.9. The monoisotopic (exact) mass is 225 g/mol. The van der Waals surface area contributed by atoms with Crippen molar-refractivity contribution >= 4 is 5.91 Å². The van der Waals surface area contributed by atoms with Crippen LogP contribution in [0.2, 0.25) is 0 Å². The van der Waals surface area contributed by atoms with Crippen molar-refractivity contribution in [2.45, 2.75) is 57.4 Å². The highest BCUT2D eigenvalue weighted by molar-refractivity contribution is 5.79. The van der Waals surface area contributed by atoms with Crippen molar-refractivity contribution in [1.82, 2.24) is 5.32 Å². The van der Waals surface area contributed by atoms with Crippen molar-refractivity contribution < 1.29 is 9.53 Å². The largest absolute Gasteiger partial charge is 0.381 e. The van der Waals surface area contributed by atoms with Gasteiger partial charge in [0.05, 0.1) is 12.5 Å². The van der Waals surface area contributed by atoms with E-state index in [4.69, 9.17) is 4.74 Å². The number of hydrogen-bond acceptors (Lipinski definition) is 2. The zero-order chi connectivity index (χ0) is 11.2. The second-order valence-electron chi connectivity index (χ2n) is 5.11. The van der Waals surface area contributed by atoms with Crippen LogP contribution < -0.4 is 5.32 Å². The Hall–Kier alpha value is -0.570. The summed E-state index contributed by atoms with van der Waals surface area (Å²) in [7, 11) is 0. The Morgan fingerprint density at radius 1 is 1.00 bits per heavy atom. The van der Waals surface area contributed by atoms with Crippen molar-refractivity contribution in [3.8, 4) is 0 Å². The predicted molar refractivity (Wildman–Crippen MR) is 63.2 cm³/mol. The fourth-order valence-electron chi connectivity index (χ4n) is 2.69. The van der Waals surface area contributed by atoms with Crippen molar-refractivity contribution in [1.29, 1.82) is 0 Å². The molecule has 2 fully saturated rings. The average molecular weight is 225 g/mol. The minimum atomic E-state index is 0.108. The lowest BCUT2D eigenvalue weighted by Gasteiger charge is -2.24. The Morgan fingerprint density at radius 3 is 2.38 bits per heavy atom. The van der Waals surface area contributed by atoms with Crippen LogP contribution in [0.25, 0.3) is 0 Å². The maximum atomic E-state index is 12.0. The number of carbonyl (C=O) groups excluding carboxylic acids is 1. The Labute approximate surface area is 97.9 Å². The molecule has 0 bridgehead atoms. The van der Waals surface area contributed by atoms with Gasteiger partial charge in [-0.1, -0.05) is 25.7 Å². The highest BCUT2D eigenvalue weighted by atomic mass is 16.5. The van der Waals surface area contributed by atoms with Gasteiger partial charge in [-0.05, 0) is 25.7 Å². The molecule has 1 heterocycles. The molecule has 0 aromatic carbocycles. The molecule has 3 heteroatoms. The summed E-state index contributed by atoms with van der Waals surface area (Å²) in [6.45, 7) is 1.45. The zero-order valence-electron chi connectivity index (χ0n) is 10.0. The van der Waals surface area contributed by atoms with Gasteiger partial charge in [0.2, 0.25) is 5.91 Å². The molecule has 16 heavy (non-hydrogen) atoms. The number of rotatable bonds is 2. The van der Waals surface area contributed by atoms with E-state index in [1.807, 2.05) is 0 Å². The molecule has 2 aliphatic rings. The third-order valence-corrected chi connectivity index (χ3v) is 3.73. The summed E-state index contributed by atoms with van der Waals surface area (Å²) >= 11 is 0. The summed E-state index contributed by atoms with van der Waals surface area (Å²) in [6.07, 6.45) is 9.57. The molecular weight excluding hydrogens is 202 g/mol. The topological polar surface area (TPSA) is 38.3 Å². The SMILES string of the molecule is O=C(NC1CCCCCC1)C1CCCOC1. The van der Waals surface area contributed by atoms with E-state index in [0.29, 0.717) is 12.6 Å². The quantitative estimate of drug-likeness (QED) is 0.732. The van der Waals surface area contributed by atoms with Gasteiger partial charge in [-0.15, -0.1) is 0 Å². The third kappa shape index (κ3) is 3.48. The van der Waals surface area contributed by atoms with Gasteiger partial charge in [-0.25, -0.2) is 0 Å². The number of hydrogen-bond donors (Lipinski definition) is 1. The van der Waals surface area contributed by atoms with E-state index in [1.54, 1.807) is 0 Å². The van der Waals surface area contributed by atoms with E-state index < -0.39 is 0 Å². The second kappa shape index (κ2) is 6.24. The van der Waals surface area contributed by atoms with E-state index in [-0.39, 0.29) is 11.8 Å². The van der Waals surface area contributed by atoms with Crippen molar-refractivity contribution in [2.75, 3.05) is 13.2 Å². The van der Waals surface area contributed by atoms with Gasteiger partial charge < -0.3 is 10.1 Å². The van der Waals surface area contributed by atoms with Crippen LogP contribution >= 0.6 is 0 Å². The van der Waals surface area contributed by atoms with Crippen LogP contribution in [0.3, 0.4) is 0 Å². The molecule has 2 rings (SSSR count). The molecule has 1 saturated heterocycles. The average Bonchev–Trinajstić information content (AvgIpc) is 2.59. The first-order valence-corrected chi connectivity index (χ1v) is 6.74. The van der Waals surface area contributed by atoms with Crippen LogP contribution in [0, 0.1) is 5.92 Å². The van der Waals surface area contributed by atoms with Gasteiger partial charge >= 0.3 is 0 Å². The minimum absolute atomic E-state index is 0.108. The molecule has 1 aliphatic heterocycles. The summed E-state index contributed by atoms with van der Waals surface area (Å²) in [5, 5.41) is 3.21. The highest BCUT2D eigenvalue weighted by Gasteiger charge is 2.24. The van der Waals surface area contributed by atoms with E-state index >= 15 is 0 Å². The molecule has 0 radical (unpaired) electrons. The molecule has 0 aromatic rings. The Balaban J connectivity index is 1.76. The third-order valence-electron chi connectivity index (χ3n) is 3.73. The summed E-state index contributed by atoms with van der Waals surface area (Å²) in [5.74, 6) is 0.337. The summed E-state index contributed by atoms with van der Waals surface area (Å²) in [5.41, 5.74) is 0. The molecule has 3 nitrogen and oxygen atoms in total. The van der Waals surface area contributed by atoms with E-state index in [9.17, 15) is 4.79 Å². The smallest absolute Gasteiger partial charge is 0.225 e. The lowest BCUT2D eigenvalue weighted by Crippen LogP contribution is -2.41. The molecule has 0 aromatic heterocycles. The lowest BCUT2D eigenvalue weighted by atomic mass is 10.00. The van der Waals surface area contributed by atoms with Crippen LogP contribution in [-0.2, 0) is 9.53 Å². The molecule has 1 aliphatic carbocycles. The number of amides is 1.